The Kier molecular flexibility index (Phi) is 7.16. The lowest BCUT2D eigenvalue weighted by Gasteiger charge is -2.28. The number of anilines is 2. The van der Waals surface area contributed by atoms with Gasteiger partial charge in [-0.1, -0.05) is 29.3 Å². The van der Waals surface area contributed by atoms with Gasteiger partial charge in [0, 0.05) is 12.1 Å². The molecule has 0 fully saturated rings. The van der Waals surface area contributed by atoms with E-state index in [1.807, 2.05) is 13.8 Å². The number of alkyl carbamates (subject to hydrolysis) is 1. The zero-order valence-electron chi connectivity index (χ0n) is 19.4. The van der Waals surface area contributed by atoms with Gasteiger partial charge in [0.15, 0.2) is 0 Å². The summed E-state index contributed by atoms with van der Waals surface area (Å²) in [5.74, 6) is -0.390. The first kappa shape index (κ1) is 25.8. The first-order valence-electron chi connectivity index (χ1n) is 10.3. The van der Waals surface area contributed by atoms with Gasteiger partial charge in [0.25, 0.3) is 5.91 Å². The van der Waals surface area contributed by atoms with Crippen molar-refractivity contribution in [3.63, 3.8) is 0 Å². The highest BCUT2D eigenvalue weighted by Gasteiger charge is 2.25. The van der Waals surface area contributed by atoms with Crippen LogP contribution in [0, 0.1) is 0 Å². The Bertz CT molecular complexity index is 1270. The zero-order chi connectivity index (χ0) is 25.4. The minimum absolute atomic E-state index is 0.189. The van der Waals surface area contributed by atoms with Gasteiger partial charge in [-0.3, -0.25) is 4.79 Å². The Hall–Kier alpha value is -2.82. The van der Waals surface area contributed by atoms with Crippen molar-refractivity contribution in [2.75, 3.05) is 17.6 Å². The number of halogens is 2. The van der Waals surface area contributed by atoms with E-state index in [0.717, 1.165) is 11.3 Å². The minimum atomic E-state index is -0.658. The molecule has 0 unspecified atom stereocenters. The van der Waals surface area contributed by atoms with E-state index >= 15 is 0 Å². The Morgan fingerprint density at radius 1 is 1.12 bits per heavy atom. The van der Waals surface area contributed by atoms with Gasteiger partial charge in [-0.15, -0.1) is 11.3 Å². The SMILES string of the molecule is CC(C)(CNC(=O)OC(C)(C)C)Nc1nc(-c2ccc(Cl)c(Cl)c2)c2c(N)c(C(N)=O)sc2n1. The Morgan fingerprint density at radius 2 is 1.79 bits per heavy atom. The molecule has 0 aliphatic carbocycles. The molecule has 3 rings (SSSR count). The summed E-state index contributed by atoms with van der Waals surface area (Å²) < 4.78 is 5.29. The van der Waals surface area contributed by atoms with Crippen molar-refractivity contribution in [3.05, 3.63) is 33.1 Å². The average Bonchev–Trinajstić information content (AvgIpc) is 3.03. The summed E-state index contributed by atoms with van der Waals surface area (Å²) in [7, 11) is 0. The van der Waals surface area contributed by atoms with Gasteiger partial charge in [0.05, 0.1) is 32.4 Å². The number of fused-ring (bicyclic) bond motifs is 1. The molecule has 0 radical (unpaired) electrons. The van der Waals surface area contributed by atoms with Gasteiger partial charge >= 0.3 is 6.09 Å². The van der Waals surface area contributed by atoms with Crippen LogP contribution in [0.25, 0.3) is 21.5 Å². The Morgan fingerprint density at radius 3 is 2.38 bits per heavy atom. The van der Waals surface area contributed by atoms with E-state index in [4.69, 9.17) is 39.4 Å². The fourth-order valence-electron chi connectivity index (χ4n) is 3.07. The molecule has 182 valence electrons. The molecular formula is C22H26Cl2N6O3S. The standard InChI is InChI=1S/C22H26Cl2N6O3S/c1-21(2,3)33-20(32)27-9-22(4,5)30-19-28-15(10-6-7-11(23)12(24)8-10)13-14(25)16(17(26)31)34-18(13)29-19/h6-8H,9,25H2,1-5H3,(H2,26,31)(H,27,32)(H,28,29,30). The molecule has 0 bridgehead atoms. The van der Waals surface area contributed by atoms with Crippen LogP contribution in [0.5, 0.6) is 0 Å². The highest BCUT2D eigenvalue weighted by Crippen LogP contribution is 2.40. The molecule has 0 saturated heterocycles. The highest BCUT2D eigenvalue weighted by molar-refractivity contribution is 7.21. The van der Waals surface area contributed by atoms with Gasteiger partial charge < -0.3 is 26.8 Å². The molecule has 0 aliphatic heterocycles. The first-order valence-corrected chi connectivity index (χ1v) is 11.8. The number of rotatable bonds is 6. The zero-order valence-corrected chi connectivity index (χ0v) is 21.7. The van der Waals surface area contributed by atoms with E-state index in [2.05, 4.69) is 20.6 Å². The Balaban J connectivity index is 2.00. The normalized spacial score (nSPS) is 12.0. The van der Waals surface area contributed by atoms with E-state index in [9.17, 15) is 9.59 Å². The number of hydrogen-bond acceptors (Lipinski definition) is 8. The second-order valence-corrected chi connectivity index (χ2v) is 11.1. The molecule has 3 aromatic rings. The van der Waals surface area contributed by atoms with Crippen molar-refractivity contribution >= 4 is 68.4 Å². The molecule has 0 saturated carbocycles. The van der Waals surface area contributed by atoms with Gasteiger partial charge in [-0.2, -0.15) is 0 Å². The summed E-state index contributed by atoms with van der Waals surface area (Å²) in [5.41, 5.74) is 11.8. The van der Waals surface area contributed by atoms with Crippen molar-refractivity contribution in [1.82, 2.24) is 15.3 Å². The molecule has 6 N–H and O–H groups in total. The lowest BCUT2D eigenvalue weighted by atomic mass is 10.1. The number of primary amides is 1. The fraction of sp³-hybridized carbons (Fsp3) is 0.364. The maximum atomic E-state index is 12.1. The molecule has 2 amide bonds. The number of nitrogens with zero attached hydrogens (tertiary/aromatic N) is 2. The first-order chi connectivity index (χ1) is 15.7. The van der Waals surface area contributed by atoms with Crippen LogP contribution in [0.3, 0.4) is 0 Å². The maximum Gasteiger partial charge on any atom is 0.407 e. The van der Waals surface area contributed by atoms with Crippen molar-refractivity contribution in [2.45, 2.75) is 45.8 Å². The molecule has 0 atom stereocenters. The summed E-state index contributed by atoms with van der Waals surface area (Å²) in [4.78, 5) is 33.8. The van der Waals surface area contributed by atoms with E-state index in [1.54, 1.807) is 39.0 Å². The lowest BCUT2D eigenvalue weighted by Crippen LogP contribution is -2.45. The number of thiophene rings is 1. The summed E-state index contributed by atoms with van der Waals surface area (Å²) in [6, 6.07) is 5.05. The molecule has 2 aromatic heterocycles. The second-order valence-electron chi connectivity index (χ2n) is 9.28. The summed E-state index contributed by atoms with van der Waals surface area (Å²) >= 11 is 13.4. The van der Waals surface area contributed by atoms with Crippen LogP contribution in [-0.2, 0) is 4.74 Å². The van der Waals surface area contributed by atoms with E-state index in [0.29, 0.717) is 31.5 Å². The summed E-state index contributed by atoms with van der Waals surface area (Å²) in [5, 5.41) is 7.18. The number of carbonyl (C=O) groups excluding carboxylic acids is 2. The van der Waals surface area contributed by atoms with E-state index in [-0.39, 0.29) is 23.1 Å². The second kappa shape index (κ2) is 9.44. The molecule has 9 nitrogen and oxygen atoms in total. The van der Waals surface area contributed by atoms with Crippen LogP contribution in [0.2, 0.25) is 10.0 Å². The van der Waals surface area contributed by atoms with Crippen LogP contribution in [0.1, 0.15) is 44.3 Å². The molecule has 12 heteroatoms. The monoisotopic (exact) mass is 524 g/mol. The van der Waals surface area contributed by atoms with Crippen molar-refractivity contribution in [1.29, 1.82) is 0 Å². The van der Waals surface area contributed by atoms with Crippen LogP contribution >= 0.6 is 34.5 Å². The number of hydrogen-bond donors (Lipinski definition) is 4. The molecule has 1 aromatic carbocycles. The predicted octanol–water partition coefficient (Wildman–Crippen LogP) is 5.06. The van der Waals surface area contributed by atoms with Crippen LogP contribution < -0.4 is 22.1 Å². The van der Waals surface area contributed by atoms with E-state index in [1.165, 1.54) is 0 Å². The number of carbonyl (C=O) groups is 2. The summed E-state index contributed by atoms with van der Waals surface area (Å²) in [6.45, 7) is 9.33. The van der Waals surface area contributed by atoms with Crippen LogP contribution in [0.15, 0.2) is 18.2 Å². The minimum Gasteiger partial charge on any atom is -0.444 e. The molecule has 0 aliphatic rings. The quantitative estimate of drug-likeness (QED) is 0.352. The topological polar surface area (TPSA) is 145 Å². The molecule has 2 heterocycles. The number of nitrogens with two attached hydrogens (primary N) is 2. The number of ether oxygens (including phenoxy) is 1. The van der Waals surface area contributed by atoms with Gasteiger partial charge in [0.1, 0.15) is 15.3 Å². The predicted molar refractivity (Wildman–Crippen MR) is 138 cm³/mol. The number of amides is 2. The van der Waals surface area contributed by atoms with Crippen molar-refractivity contribution < 1.29 is 14.3 Å². The number of nitrogen functional groups attached to an aromatic ring is 1. The third-order valence-electron chi connectivity index (χ3n) is 4.53. The van der Waals surface area contributed by atoms with Gasteiger partial charge in [0.2, 0.25) is 5.95 Å². The molecule has 0 spiro atoms. The molecular weight excluding hydrogens is 499 g/mol. The average molecular weight is 525 g/mol. The fourth-order valence-corrected chi connectivity index (χ4v) is 4.31. The van der Waals surface area contributed by atoms with Crippen LogP contribution in [0.4, 0.5) is 16.4 Å². The largest absolute Gasteiger partial charge is 0.444 e. The van der Waals surface area contributed by atoms with Crippen molar-refractivity contribution in [3.8, 4) is 11.3 Å². The number of aromatic nitrogens is 2. The smallest absolute Gasteiger partial charge is 0.407 e. The number of nitrogens with one attached hydrogen (secondary N) is 2. The highest BCUT2D eigenvalue weighted by atomic mass is 35.5. The third kappa shape index (κ3) is 5.99. The van der Waals surface area contributed by atoms with Gasteiger partial charge in [-0.05, 0) is 46.8 Å². The summed E-state index contributed by atoms with van der Waals surface area (Å²) in [6.07, 6.45) is -0.535. The van der Waals surface area contributed by atoms with Crippen LogP contribution in [-0.4, -0.2) is 39.7 Å². The van der Waals surface area contributed by atoms with E-state index < -0.39 is 23.1 Å². The molecule has 34 heavy (non-hydrogen) atoms. The third-order valence-corrected chi connectivity index (χ3v) is 6.38. The number of benzene rings is 1. The maximum absolute atomic E-state index is 12.1. The Labute approximate surface area is 211 Å². The lowest BCUT2D eigenvalue weighted by molar-refractivity contribution is 0.0519. The van der Waals surface area contributed by atoms with Gasteiger partial charge in [-0.25, -0.2) is 14.8 Å². The van der Waals surface area contributed by atoms with Crippen molar-refractivity contribution in [2.24, 2.45) is 5.73 Å².